The summed E-state index contributed by atoms with van der Waals surface area (Å²) in [5.74, 6) is 5.60. The van der Waals surface area contributed by atoms with Crippen molar-refractivity contribution in [1.29, 1.82) is 0 Å². The van der Waals surface area contributed by atoms with Gasteiger partial charge in [-0.05, 0) is 91.3 Å². The van der Waals surface area contributed by atoms with Gasteiger partial charge in [-0.3, -0.25) is 4.79 Å². The fourth-order valence-electron chi connectivity index (χ4n) is 9.24. The maximum atomic E-state index is 13.4. The first kappa shape index (κ1) is 22.8. The highest BCUT2D eigenvalue weighted by Crippen LogP contribution is 2.67. The average Bonchev–Trinajstić information content (AvgIpc) is 3.05. The van der Waals surface area contributed by atoms with Crippen molar-refractivity contribution in [1.82, 2.24) is 0 Å². The molecule has 4 aliphatic carbocycles. The maximum Gasteiger partial charge on any atom is 0.136 e. The van der Waals surface area contributed by atoms with Crippen LogP contribution in [0.25, 0.3) is 0 Å². The minimum atomic E-state index is 0.233. The van der Waals surface area contributed by atoms with Gasteiger partial charge < -0.3 is 4.74 Å². The lowest BCUT2D eigenvalue weighted by molar-refractivity contribution is -0.161. The molecule has 30 heavy (non-hydrogen) atoms. The Morgan fingerprint density at radius 1 is 0.967 bits per heavy atom. The standard InChI is InChI=1S/C28H48O2/c1-18(2)8-7-9-19(3)22-10-11-23-21-17-26(29)25-16-20(30-6)12-14-28(25,5)24(21)13-15-27(22,23)4/h18-25H,7-17H2,1-6H3/t19-,20-,21+,22-,23+,24+,25-,27-,28-/m1/s1. The van der Waals surface area contributed by atoms with Crippen LogP contribution in [0.1, 0.15) is 105 Å². The molecule has 9 atom stereocenters. The van der Waals surface area contributed by atoms with Gasteiger partial charge in [-0.25, -0.2) is 0 Å². The minimum absolute atomic E-state index is 0.233. The lowest BCUT2D eigenvalue weighted by Gasteiger charge is -2.60. The summed E-state index contributed by atoms with van der Waals surface area (Å²) in [6.07, 6.45) is 14.2. The molecule has 0 unspecified atom stereocenters. The van der Waals surface area contributed by atoms with Crippen molar-refractivity contribution >= 4 is 5.78 Å². The Bertz CT molecular complexity index is 626. The highest BCUT2D eigenvalue weighted by Gasteiger charge is 2.62. The molecule has 4 saturated carbocycles. The number of rotatable bonds is 6. The topological polar surface area (TPSA) is 26.3 Å². The van der Waals surface area contributed by atoms with E-state index in [1.807, 2.05) is 7.11 Å². The molecule has 4 fully saturated rings. The van der Waals surface area contributed by atoms with E-state index in [1.54, 1.807) is 0 Å². The molecular weight excluding hydrogens is 368 g/mol. The van der Waals surface area contributed by atoms with Crippen LogP contribution in [-0.4, -0.2) is 19.0 Å². The third-order valence-electron chi connectivity index (χ3n) is 10.9. The number of fused-ring (bicyclic) bond motifs is 5. The van der Waals surface area contributed by atoms with Gasteiger partial charge in [0.15, 0.2) is 0 Å². The van der Waals surface area contributed by atoms with Gasteiger partial charge in [0.25, 0.3) is 0 Å². The molecule has 0 aromatic rings. The van der Waals surface area contributed by atoms with Crippen LogP contribution < -0.4 is 0 Å². The van der Waals surface area contributed by atoms with Crippen LogP contribution in [0.4, 0.5) is 0 Å². The number of ether oxygens (including phenoxy) is 1. The summed E-state index contributed by atoms with van der Waals surface area (Å²) in [6.45, 7) is 12.4. The molecule has 2 heteroatoms. The number of carbonyl (C=O) groups is 1. The van der Waals surface area contributed by atoms with Crippen LogP contribution in [-0.2, 0) is 9.53 Å². The second-order valence-electron chi connectivity index (χ2n) is 12.8. The molecule has 4 rings (SSSR count). The molecule has 0 aromatic heterocycles. The Morgan fingerprint density at radius 3 is 2.37 bits per heavy atom. The number of Topliss-reactive ketones (excluding diaryl/α,β-unsaturated/α-hetero) is 1. The van der Waals surface area contributed by atoms with Crippen LogP contribution in [0.15, 0.2) is 0 Å². The van der Waals surface area contributed by atoms with Crippen LogP contribution in [0.5, 0.6) is 0 Å². The van der Waals surface area contributed by atoms with Gasteiger partial charge in [-0.1, -0.05) is 53.9 Å². The van der Waals surface area contributed by atoms with Gasteiger partial charge in [0.2, 0.25) is 0 Å². The quantitative estimate of drug-likeness (QED) is 0.454. The van der Waals surface area contributed by atoms with E-state index in [4.69, 9.17) is 4.74 Å². The molecule has 0 amide bonds. The molecule has 172 valence electrons. The fourth-order valence-corrected chi connectivity index (χ4v) is 9.24. The van der Waals surface area contributed by atoms with E-state index in [9.17, 15) is 4.79 Å². The predicted octanol–water partition coefficient (Wildman–Crippen LogP) is 7.30. The summed E-state index contributed by atoms with van der Waals surface area (Å²) in [5.41, 5.74) is 0.711. The summed E-state index contributed by atoms with van der Waals surface area (Å²) >= 11 is 0. The highest BCUT2D eigenvalue weighted by atomic mass is 16.5. The summed E-state index contributed by atoms with van der Waals surface area (Å²) in [5, 5.41) is 0. The van der Waals surface area contributed by atoms with Crippen LogP contribution in [0, 0.1) is 52.3 Å². The van der Waals surface area contributed by atoms with E-state index in [0.717, 1.165) is 48.9 Å². The molecule has 2 nitrogen and oxygen atoms in total. The molecule has 0 N–H and O–H groups in total. The molecule has 0 bridgehead atoms. The van der Waals surface area contributed by atoms with Gasteiger partial charge in [0.05, 0.1) is 6.10 Å². The van der Waals surface area contributed by atoms with Crippen LogP contribution >= 0.6 is 0 Å². The Labute approximate surface area is 186 Å². The second-order valence-corrected chi connectivity index (χ2v) is 12.8. The van der Waals surface area contributed by atoms with Crippen molar-refractivity contribution in [2.45, 2.75) is 111 Å². The normalized spacial score (nSPS) is 47.0. The predicted molar refractivity (Wildman–Crippen MR) is 124 cm³/mol. The van der Waals surface area contributed by atoms with Crippen LogP contribution in [0.2, 0.25) is 0 Å². The number of carbonyl (C=O) groups excluding carboxylic acids is 1. The summed E-state index contributed by atoms with van der Waals surface area (Å²) in [4.78, 5) is 13.4. The molecule has 0 radical (unpaired) electrons. The van der Waals surface area contributed by atoms with Gasteiger partial charge >= 0.3 is 0 Å². The van der Waals surface area contributed by atoms with E-state index in [0.29, 0.717) is 23.2 Å². The molecule has 0 aromatic carbocycles. The van der Waals surface area contributed by atoms with Gasteiger partial charge in [0, 0.05) is 19.4 Å². The lowest BCUT2D eigenvalue weighted by Crippen LogP contribution is -2.57. The molecule has 0 heterocycles. The SMILES string of the molecule is CO[C@@H]1CC[C@@]2(C)[C@H](C1)C(=O)C[C@@H]1[C@@H]2CC[C@]2(C)[C@@H]([C@H](C)CCCC(C)C)CC[C@@H]12. The van der Waals surface area contributed by atoms with E-state index in [-0.39, 0.29) is 11.3 Å². The average molecular weight is 417 g/mol. The van der Waals surface area contributed by atoms with Crippen LogP contribution in [0.3, 0.4) is 0 Å². The largest absolute Gasteiger partial charge is 0.381 e. The zero-order valence-electron chi connectivity index (χ0n) is 20.7. The molecule has 4 aliphatic rings. The van der Waals surface area contributed by atoms with Crippen molar-refractivity contribution in [3.63, 3.8) is 0 Å². The van der Waals surface area contributed by atoms with Crippen molar-refractivity contribution in [3.8, 4) is 0 Å². The minimum Gasteiger partial charge on any atom is -0.381 e. The first-order valence-electron chi connectivity index (χ1n) is 13.3. The van der Waals surface area contributed by atoms with Crippen molar-refractivity contribution < 1.29 is 9.53 Å². The monoisotopic (exact) mass is 416 g/mol. The van der Waals surface area contributed by atoms with E-state index in [1.165, 1.54) is 51.4 Å². The highest BCUT2D eigenvalue weighted by molar-refractivity contribution is 5.83. The lowest BCUT2D eigenvalue weighted by atomic mass is 9.44. The number of methoxy groups -OCH3 is 1. The number of hydrogen-bond acceptors (Lipinski definition) is 2. The molecule has 0 aliphatic heterocycles. The van der Waals surface area contributed by atoms with Crippen molar-refractivity contribution in [3.05, 3.63) is 0 Å². The Kier molecular flexibility index (Phi) is 6.48. The Hall–Kier alpha value is -0.370. The number of hydrogen-bond donors (Lipinski definition) is 0. The van der Waals surface area contributed by atoms with Crippen molar-refractivity contribution in [2.24, 2.45) is 52.3 Å². The third-order valence-corrected chi connectivity index (χ3v) is 10.9. The maximum absolute atomic E-state index is 13.4. The number of ketones is 1. The zero-order chi connectivity index (χ0) is 21.7. The van der Waals surface area contributed by atoms with E-state index in [2.05, 4.69) is 34.6 Å². The molecule has 0 spiro atoms. The zero-order valence-corrected chi connectivity index (χ0v) is 20.7. The smallest absolute Gasteiger partial charge is 0.136 e. The first-order chi connectivity index (χ1) is 14.2. The van der Waals surface area contributed by atoms with E-state index >= 15 is 0 Å². The summed E-state index contributed by atoms with van der Waals surface area (Å²) < 4.78 is 5.69. The first-order valence-corrected chi connectivity index (χ1v) is 13.3. The molecule has 0 saturated heterocycles. The Morgan fingerprint density at radius 2 is 1.67 bits per heavy atom. The van der Waals surface area contributed by atoms with E-state index < -0.39 is 0 Å². The second kappa shape index (κ2) is 8.53. The third kappa shape index (κ3) is 3.71. The van der Waals surface area contributed by atoms with Crippen molar-refractivity contribution in [2.75, 3.05) is 7.11 Å². The summed E-state index contributed by atoms with van der Waals surface area (Å²) in [6, 6.07) is 0. The van der Waals surface area contributed by atoms with Gasteiger partial charge in [-0.2, -0.15) is 0 Å². The summed E-state index contributed by atoms with van der Waals surface area (Å²) in [7, 11) is 1.83. The Balaban J connectivity index is 1.50. The fraction of sp³-hybridized carbons (Fsp3) is 0.964. The van der Waals surface area contributed by atoms with Gasteiger partial charge in [-0.15, -0.1) is 0 Å². The molecular formula is C28H48O2. The van der Waals surface area contributed by atoms with Gasteiger partial charge in [0.1, 0.15) is 5.78 Å².